The first-order valence-electron chi connectivity index (χ1n) is 8.09. The average Bonchev–Trinajstić information content (AvgIpc) is 2.61. The van der Waals surface area contributed by atoms with Crippen LogP contribution in [0.1, 0.15) is 19.3 Å². The van der Waals surface area contributed by atoms with Crippen LogP contribution in [0.4, 0.5) is 11.4 Å². The van der Waals surface area contributed by atoms with Gasteiger partial charge in [-0.25, -0.2) is 4.99 Å². The quantitative estimate of drug-likeness (QED) is 0.908. The Hall–Kier alpha value is -2.01. The van der Waals surface area contributed by atoms with Gasteiger partial charge in [0.05, 0.1) is 17.1 Å². The molecule has 0 aromatic heterocycles. The van der Waals surface area contributed by atoms with E-state index in [0.29, 0.717) is 5.75 Å². The Kier molecular flexibility index (Phi) is 3.95. The molecule has 0 aliphatic carbocycles. The number of nitrogens with zero attached hydrogens (tertiary/aromatic N) is 2. The first-order chi connectivity index (χ1) is 11.3. The van der Waals surface area contributed by atoms with Crippen LogP contribution >= 0.6 is 11.8 Å². The Morgan fingerprint density at radius 1 is 1.13 bits per heavy atom. The lowest BCUT2D eigenvalue weighted by molar-refractivity contribution is -0.129. The number of piperidine rings is 1. The number of nitrogens with one attached hydrogen (secondary N) is 1. The second-order valence-corrected chi connectivity index (χ2v) is 6.92. The number of carbonyl (C=O) groups excluding carboxylic acids is 1. The number of thioether (sulfide) groups is 1. The summed E-state index contributed by atoms with van der Waals surface area (Å²) in [5.74, 6) is 0.667. The van der Waals surface area contributed by atoms with Crippen LogP contribution in [0.3, 0.4) is 0 Å². The molecule has 23 heavy (non-hydrogen) atoms. The Labute approximate surface area is 140 Å². The van der Waals surface area contributed by atoms with Crippen LogP contribution in [-0.2, 0) is 4.79 Å². The van der Waals surface area contributed by atoms with E-state index < -0.39 is 0 Å². The number of amides is 1. The van der Waals surface area contributed by atoms with E-state index in [0.717, 1.165) is 47.9 Å². The number of aliphatic imine (C=N–C) groups is 1. The van der Waals surface area contributed by atoms with Gasteiger partial charge in [0.25, 0.3) is 0 Å². The van der Waals surface area contributed by atoms with E-state index in [1.165, 1.54) is 23.6 Å². The summed E-state index contributed by atoms with van der Waals surface area (Å²) in [5.41, 5.74) is 2.05. The zero-order chi connectivity index (χ0) is 15.6. The van der Waals surface area contributed by atoms with Crippen molar-refractivity contribution in [2.45, 2.75) is 19.3 Å². The molecule has 1 saturated heterocycles. The fourth-order valence-corrected chi connectivity index (χ4v) is 3.99. The summed E-state index contributed by atoms with van der Waals surface area (Å²) in [5, 5.41) is 6.51. The van der Waals surface area contributed by atoms with Crippen molar-refractivity contribution in [3.05, 3.63) is 36.4 Å². The molecule has 1 fully saturated rings. The highest BCUT2D eigenvalue weighted by Crippen LogP contribution is 2.36. The lowest BCUT2D eigenvalue weighted by atomic mass is 10.1. The molecule has 2 aromatic carbocycles. The molecule has 0 bridgehead atoms. The maximum atomic E-state index is 12.3. The third-order valence-electron chi connectivity index (χ3n) is 4.39. The summed E-state index contributed by atoms with van der Waals surface area (Å²) >= 11 is 1.49. The molecule has 2 aliphatic rings. The highest BCUT2D eigenvalue weighted by molar-refractivity contribution is 8.14. The number of anilines is 1. The van der Waals surface area contributed by atoms with Gasteiger partial charge in [0.2, 0.25) is 5.91 Å². The zero-order valence-electron chi connectivity index (χ0n) is 12.9. The van der Waals surface area contributed by atoms with Gasteiger partial charge in [-0.3, -0.25) is 4.79 Å². The number of likely N-dealkylation sites (tertiary alicyclic amines) is 1. The molecule has 0 atom stereocenters. The Bertz CT molecular complexity index is 776. The van der Waals surface area contributed by atoms with Gasteiger partial charge < -0.3 is 10.2 Å². The van der Waals surface area contributed by atoms with E-state index in [1.54, 1.807) is 0 Å². The van der Waals surface area contributed by atoms with Gasteiger partial charge in [-0.2, -0.15) is 0 Å². The molecular formula is C18H19N3OS. The SMILES string of the molecule is O=C(CSC1=Nc2cccc3cccc(c23)N1)N1CCCCC1. The number of carbonyl (C=O) groups is 1. The van der Waals surface area contributed by atoms with Crippen molar-refractivity contribution < 1.29 is 4.79 Å². The molecule has 0 unspecified atom stereocenters. The van der Waals surface area contributed by atoms with Gasteiger partial charge >= 0.3 is 0 Å². The predicted octanol–water partition coefficient (Wildman–Crippen LogP) is 4.00. The molecule has 2 aliphatic heterocycles. The highest BCUT2D eigenvalue weighted by Gasteiger charge is 2.19. The number of amidine groups is 1. The predicted molar refractivity (Wildman–Crippen MR) is 97.6 cm³/mol. The molecule has 1 amide bonds. The van der Waals surface area contributed by atoms with Gasteiger partial charge in [-0.15, -0.1) is 0 Å². The Morgan fingerprint density at radius 2 is 1.91 bits per heavy atom. The van der Waals surface area contributed by atoms with Crippen molar-refractivity contribution in [2.75, 3.05) is 24.2 Å². The molecule has 5 heteroatoms. The first kappa shape index (κ1) is 14.6. The Balaban J connectivity index is 1.49. The molecule has 4 rings (SSSR count). The van der Waals surface area contributed by atoms with Crippen LogP contribution in [0.2, 0.25) is 0 Å². The van der Waals surface area contributed by atoms with E-state index in [4.69, 9.17) is 0 Å². The van der Waals surface area contributed by atoms with Crippen molar-refractivity contribution in [3.63, 3.8) is 0 Å². The number of hydrogen-bond donors (Lipinski definition) is 1. The maximum absolute atomic E-state index is 12.3. The van der Waals surface area contributed by atoms with Gasteiger partial charge in [-0.1, -0.05) is 36.0 Å². The van der Waals surface area contributed by atoms with Gasteiger partial charge in [0.1, 0.15) is 0 Å². The first-order valence-corrected chi connectivity index (χ1v) is 9.08. The molecule has 4 nitrogen and oxygen atoms in total. The second-order valence-electron chi connectivity index (χ2n) is 5.95. The van der Waals surface area contributed by atoms with Crippen LogP contribution < -0.4 is 5.32 Å². The average molecular weight is 325 g/mol. The van der Waals surface area contributed by atoms with Crippen LogP contribution in [0.5, 0.6) is 0 Å². The molecular weight excluding hydrogens is 306 g/mol. The van der Waals surface area contributed by atoms with Crippen molar-refractivity contribution in [3.8, 4) is 0 Å². The topological polar surface area (TPSA) is 44.7 Å². The molecule has 2 heterocycles. The summed E-state index contributed by atoms with van der Waals surface area (Å²) in [4.78, 5) is 19.0. The van der Waals surface area contributed by atoms with Crippen LogP contribution in [0.15, 0.2) is 41.4 Å². The van der Waals surface area contributed by atoms with Gasteiger partial charge in [0, 0.05) is 18.5 Å². The van der Waals surface area contributed by atoms with Gasteiger partial charge in [-0.05, 0) is 36.8 Å². The van der Waals surface area contributed by atoms with E-state index >= 15 is 0 Å². The fraction of sp³-hybridized carbons (Fsp3) is 0.333. The normalized spacial score (nSPS) is 16.9. The molecule has 0 saturated carbocycles. The van der Waals surface area contributed by atoms with Crippen LogP contribution in [0.25, 0.3) is 10.8 Å². The highest BCUT2D eigenvalue weighted by atomic mass is 32.2. The Morgan fingerprint density at radius 3 is 2.74 bits per heavy atom. The van der Waals surface area contributed by atoms with E-state index in [9.17, 15) is 4.79 Å². The molecule has 0 radical (unpaired) electrons. The van der Waals surface area contributed by atoms with Crippen molar-refractivity contribution in [2.24, 2.45) is 4.99 Å². The summed E-state index contributed by atoms with van der Waals surface area (Å²) in [6.45, 7) is 1.81. The van der Waals surface area contributed by atoms with Crippen molar-refractivity contribution in [1.82, 2.24) is 4.90 Å². The van der Waals surface area contributed by atoms with E-state index in [1.807, 2.05) is 23.1 Å². The molecule has 0 spiro atoms. The number of hydrogen-bond acceptors (Lipinski definition) is 4. The van der Waals surface area contributed by atoms with Crippen molar-refractivity contribution >= 4 is 45.0 Å². The largest absolute Gasteiger partial charge is 0.342 e. The molecule has 118 valence electrons. The third-order valence-corrected chi connectivity index (χ3v) is 5.25. The lowest BCUT2D eigenvalue weighted by Crippen LogP contribution is -2.37. The summed E-state index contributed by atoms with van der Waals surface area (Å²) in [6, 6.07) is 12.3. The van der Waals surface area contributed by atoms with E-state index in [2.05, 4.69) is 28.5 Å². The minimum atomic E-state index is 0.219. The van der Waals surface area contributed by atoms with Gasteiger partial charge in [0.15, 0.2) is 5.17 Å². The zero-order valence-corrected chi connectivity index (χ0v) is 13.7. The number of rotatable bonds is 2. The molecule has 2 aromatic rings. The van der Waals surface area contributed by atoms with Crippen LogP contribution in [-0.4, -0.2) is 34.8 Å². The van der Waals surface area contributed by atoms with E-state index in [-0.39, 0.29) is 5.91 Å². The summed E-state index contributed by atoms with van der Waals surface area (Å²) in [6.07, 6.45) is 3.50. The molecule has 1 N–H and O–H groups in total. The summed E-state index contributed by atoms with van der Waals surface area (Å²) < 4.78 is 0. The monoisotopic (exact) mass is 325 g/mol. The standard InChI is InChI=1S/C18H19N3OS/c22-16(21-10-2-1-3-11-21)12-23-18-19-14-8-4-6-13-7-5-9-15(20-18)17(13)14/h4-9H,1-3,10-12H2,(H,19,20). The summed E-state index contributed by atoms with van der Waals surface area (Å²) in [7, 11) is 0. The van der Waals surface area contributed by atoms with Crippen LogP contribution in [0, 0.1) is 0 Å². The smallest absolute Gasteiger partial charge is 0.233 e. The minimum Gasteiger partial charge on any atom is -0.342 e. The fourth-order valence-electron chi connectivity index (χ4n) is 3.20. The maximum Gasteiger partial charge on any atom is 0.233 e. The second kappa shape index (κ2) is 6.24. The third kappa shape index (κ3) is 2.93. The number of benzene rings is 2. The van der Waals surface area contributed by atoms with Crippen molar-refractivity contribution in [1.29, 1.82) is 0 Å². The minimum absolute atomic E-state index is 0.219. The lowest BCUT2D eigenvalue weighted by Gasteiger charge is -2.26.